The highest BCUT2D eigenvalue weighted by Gasteiger charge is 2.07. The van der Waals surface area contributed by atoms with E-state index in [2.05, 4.69) is 10.1 Å². The lowest BCUT2D eigenvalue weighted by Crippen LogP contribution is -2.17. The topological polar surface area (TPSA) is 38.3 Å². The van der Waals surface area contributed by atoms with Crippen molar-refractivity contribution >= 4 is 5.91 Å². The maximum atomic E-state index is 11.8. The van der Waals surface area contributed by atoms with E-state index >= 15 is 0 Å². The predicted molar refractivity (Wildman–Crippen MR) is 46.5 cm³/mol. The SMILES string of the molecule is CNC(=O)c1cccc(OC(F)F)c1. The van der Waals surface area contributed by atoms with Crippen LogP contribution in [0.3, 0.4) is 0 Å². The molecule has 0 unspecified atom stereocenters. The van der Waals surface area contributed by atoms with Gasteiger partial charge in [0.1, 0.15) is 5.75 Å². The summed E-state index contributed by atoms with van der Waals surface area (Å²) in [7, 11) is 1.46. The molecule has 76 valence electrons. The number of alkyl halides is 2. The van der Waals surface area contributed by atoms with E-state index in [1.807, 2.05) is 0 Å². The van der Waals surface area contributed by atoms with Crippen LogP contribution in [0.4, 0.5) is 8.78 Å². The van der Waals surface area contributed by atoms with E-state index in [0.29, 0.717) is 0 Å². The average molecular weight is 201 g/mol. The van der Waals surface area contributed by atoms with Crippen molar-refractivity contribution in [1.29, 1.82) is 0 Å². The highest BCUT2D eigenvalue weighted by Crippen LogP contribution is 2.15. The minimum absolute atomic E-state index is 0.0268. The lowest BCUT2D eigenvalue weighted by atomic mass is 10.2. The van der Waals surface area contributed by atoms with Crippen LogP contribution >= 0.6 is 0 Å². The van der Waals surface area contributed by atoms with Gasteiger partial charge in [-0.3, -0.25) is 4.79 Å². The van der Waals surface area contributed by atoms with E-state index in [1.165, 1.54) is 31.3 Å². The molecule has 0 spiro atoms. The lowest BCUT2D eigenvalue weighted by molar-refractivity contribution is -0.0498. The summed E-state index contributed by atoms with van der Waals surface area (Å²) >= 11 is 0. The third kappa shape index (κ3) is 2.69. The Morgan fingerprint density at radius 1 is 1.50 bits per heavy atom. The number of halogens is 2. The molecule has 0 aliphatic heterocycles. The number of hydrogen-bond donors (Lipinski definition) is 1. The van der Waals surface area contributed by atoms with Gasteiger partial charge in [0, 0.05) is 12.6 Å². The molecule has 0 heterocycles. The molecule has 0 aliphatic rings. The quantitative estimate of drug-likeness (QED) is 0.807. The molecule has 0 fully saturated rings. The van der Waals surface area contributed by atoms with Crippen molar-refractivity contribution in [1.82, 2.24) is 5.32 Å². The van der Waals surface area contributed by atoms with Crippen molar-refractivity contribution in [2.45, 2.75) is 6.61 Å². The first-order chi connectivity index (χ1) is 6.63. The molecular formula is C9H9F2NO2. The van der Waals surface area contributed by atoms with Crippen LogP contribution in [0, 0.1) is 0 Å². The van der Waals surface area contributed by atoms with E-state index in [0.717, 1.165) is 0 Å². The second-order valence-corrected chi connectivity index (χ2v) is 2.49. The molecule has 14 heavy (non-hydrogen) atoms. The van der Waals surface area contributed by atoms with Gasteiger partial charge in [-0.05, 0) is 18.2 Å². The Labute approximate surface area is 79.7 Å². The maximum absolute atomic E-state index is 11.8. The van der Waals surface area contributed by atoms with Crippen LogP contribution in [-0.2, 0) is 0 Å². The van der Waals surface area contributed by atoms with Gasteiger partial charge < -0.3 is 10.1 Å². The molecule has 0 saturated carbocycles. The van der Waals surface area contributed by atoms with Crippen LogP contribution in [0.25, 0.3) is 0 Å². The molecule has 1 amide bonds. The second kappa shape index (κ2) is 4.55. The number of benzene rings is 1. The van der Waals surface area contributed by atoms with Crippen molar-refractivity contribution < 1.29 is 18.3 Å². The first kappa shape index (κ1) is 10.4. The van der Waals surface area contributed by atoms with Crippen molar-refractivity contribution in [2.75, 3.05) is 7.05 Å². The Morgan fingerprint density at radius 2 is 2.21 bits per heavy atom. The summed E-state index contributed by atoms with van der Waals surface area (Å²) in [5.74, 6) is -0.370. The molecule has 0 radical (unpaired) electrons. The Bertz CT molecular complexity index is 328. The van der Waals surface area contributed by atoms with E-state index in [1.54, 1.807) is 0 Å². The molecule has 1 N–H and O–H groups in total. The van der Waals surface area contributed by atoms with Crippen LogP contribution in [0.5, 0.6) is 5.75 Å². The number of amides is 1. The van der Waals surface area contributed by atoms with Crippen molar-refractivity contribution in [2.24, 2.45) is 0 Å². The number of nitrogens with one attached hydrogen (secondary N) is 1. The Kier molecular flexibility index (Phi) is 3.39. The van der Waals surface area contributed by atoms with Crippen LogP contribution in [0.2, 0.25) is 0 Å². The molecule has 0 atom stereocenters. The van der Waals surface area contributed by atoms with Crippen LogP contribution in [-0.4, -0.2) is 19.6 Å². The van der Waals surface area contributed by atoms with Gasteiger partial charge in [0.2, 0.25) is 0 Å². The van der Waals surface area contributed by atoms with Crippen LogP contribution in [0.1, 0.15) is 10.4 Å². The smallest absolute Gasteiger partial charge is 0.387 e. The van der Waals surface area contributed by atoms with E-state index < -0.39 is 6.61 Å². The molecule has 0 aromatic heterocycles. The van der Waals surface area contributed by atoms with Crippen molar-refractivity contribution in [3.8, 4) is 5.75 Å². The molecular weight excluding hydrogens is 192 g/mol. The zero-order valence-corrected chi connectivity index (χ0v) is 7.46. The highest BCUT2D eigenvalue weighted by atomic mass is 19.3. The predicted octanol–water partition coefficient (Wildman–Crippen LogP) is 1.65. The van der Waals surface area contributed by atoms with E-state index in [-0.39, 0.29) is 17.2 Å². The largest absolute Gasteiger partial charge is 0.435 e. The molecule has 0 aliphatic carbocycles. The number of hydrogen-bond acceptors (Lipinski definition) is 2. The van der Waals surface area contributed by atoms with Gasteiger partial charge in [-0.25, -0.2) is 0 Å². The fourth-order valence-electron chi connectivity index (χ4n) is 0.958. The molecule has 0 saturated heterocycles. The standard InChI is InChI=1S/C9H9F2NO2/c1-12-8(13)6-3-2-4-7(5-6)14-9(10)11/h2-5,9H,1H3,(H,12,13). The molecule has 1 aromatic rings. The number of carbonyl (C=O) groups is 1. The fraction of sp³-hybridized carbons (Fsp3) is 0.222. The molecule has 1 rings (SSSR count). The Balaban J connectivity index is 2.84. The van der Waals surface area contributed by atoms with Gasteiger partial charge in [0.25, 0.3) is 5.91 Å². The molecule has 0 bridgehead atoms. The molecule has 3 nitrogen and oxygen atoms in total. The third-order valence-electron chi connectivity index (χ3n) is 1.55. The Morgan fingerprint density at radius 3 is 2.79 bits per heavy atom. The third-order valence-corrected chi connectivity index (χ3v) is 1.55. The van der Waals surface area contributed by atoms with Gasteiger partial charge in [-0.1, -0.05) is 6.07 Å². The number of rotatable bonds is 3. The van der Waals surface area contributed by atoms with E-state index in [9.17, 15) is 13.6 Å². The summed E-state index contributed by atoms with van der Waals surface area (Å²) in [6.07, 6.45) is 0. The van der Waals surface area contributed by atoms with Gasteiger partial charge in [-0.15, -0.1) is 0 Å². The lowest BCUT2D eigenvalue weighted by Gasteiger charge is -2.05. The normalized spacial score (nSPS) is 10.0. The van der Waals surface area contributed by atoms with Crippen LogP contribution in [0.15, 0.2) is 24.3 Å². The van der Waals surface area contributed by atoms with Gasteiger partial charge in [0.05, 0.1) is 0 Å². The minimum atomic E-state index is -2.88. The number of carbonyl (C=O) groups excluding carboxylic acids is 1. The Hall–Kier alpha value is -1.65. The fourth-order valence-corrected chi connectivity index (χ4v) is 0.958. The minimum Gasteiger partial charge on any atom is -0.435 e. The van der Waals surface area contributed by atoms with Crippen molar-refractivity contribution in [3.63, 3.8) is 0 Å². The van der Waals surface area contributed by atoms with Gasteiger partial charge >= 0.3 is 6.61 Å². The maximum Gasteiger partial charge on any atom is 0.387 e. The zero-order valence-electron chi connectivity index (χ0n) is 7.46. The first-order valence-electron chi connectivity index (χ1n) is 3.90. The summed E-state index contributed by atoms with van der Waals surface area (Å²) in [5, 5.41) is 2.38. The summed E-state index contributed by atoms with van der Waals surface area (Å²) in [5.41, 5.74) is 0.283. The van der Waals surface area contributed by atoms with E-state index in [4.69, 9.17) is 0 Å². The molecule has 1 aromatic carbocycles. The van der Waals surface area contributed by atoms with Crippen LogP contribution < -0.4 is 10.1 Å². The highest BCUT2D eigenvalue weighted by molar-refractivity contribution is 5.94. The summed E-state index contributed by atoms with van der Waals surface area (Å²) in [6, 6.07) is 5.60. The second-order valence-electron chi connectivity index (χ2n) is 2.49. The zero-order chi connectivity index (χ0) is 10.6. The summed E-state index contributed by atoms with van der Waals surface area (Å²) in [4.78, 5) is 11.1. The van der Waals surface area contributed by atoms with Gasteiger partial charge in [0.15, 0.2) is 0 Å². The summed E-state index contributed by atoms with van der Waals surface area (Å²) < 4.78 is 27.8. The first-order valence-corrected chi connectivity index (χ1v) is 3.90. The summed E-state index contributed by atoms with van der Waals surface area (Å²) in [6.45, 7) is -2.88. The molecule has 5 heteroatoms. The monoisotopic (exact) mass is 201 g/mol. The van der Waals surface area contributed by atoms with Gasteiger partial charge in [-0.2, -0.15) is 8.78 Å². The van der Waals surface area contributed by atoms with Crippen molar-refractivity contribution in [3.05, 3.63) is 29.8 Å². The number of ether oxygens (including phenoxy) is 1. The average Bonchev–Trinajstić information content (AvgIpc) is 2.16.